The molecule has 0 aliphatic carbocycles. The van der Waals surface area contributed by atoms with Crippen LogP contribution in [0.25, 0.3) is 0 Å². The molecule has 0 spiro atoms. The van der Waals surface area contributed by atoms with Crippen LogP contribution in [0.15, 0.2) is 64.6 Å². The Bertz CT molecular complexity index is 1210. The molecule has 30 heavy (non-hydrogen) atoms. The van der Waals surface area contributed by atoms with Gasteiger partial charge in [-0.25, -0.2) is 14.4 Å². The highest BCUT2D eigenvalue weighted by Crippen LogP contribution is 2.40. The summed E-state index contributed by atoms with van der Waals surface area (Å²) >= 11 is 6.15. The Morgan fingerprint density at radius 3 is 2.80 bits per heavy atom. The van der Waals surface area contributed by atoms with Gasteiger partial charge in [-0.1, -0.05) is 29.8 Å². The first-order valence-corrected chi connectivity index (χ1v) is 9.76. The third kappa shape index (κ3) is 3.39. The van der Waals surface area contributed by atoms with Crippen LogP contribution in [0, 0.1) is 5.82 Å². The van der Waals surface area contributed by atoms with Gasteiger partial charge in [-0.2, -0.15) is 0 Å². The number of fused-ring (bicyclic) bond motifs is 4. The van der Waals surface area contributed by atoms with Crippen molar-refractivity contribution in [3.63, 3.8) is 0 Å². The molecule has 0 unspecified atom stereocenters. The summed E-state index contributed by atoms with van der Waals surface area (Å²) in [7, 11) is 1.58. The molecule has 5 nitrogen and oxygen atoms in total. The second-order valence-corrected chi connectivity index (χ2v) is 7.46. The van der Waals surface area contributed by atoms with E-state index in [-0.39, 0.29) is 12.4 Å². The number of halogens is 2. The topological polar surface area (TPSA) is 46.4 Å². The van der Waals surface area contributed by atoms with Gasteiger partial charge in [-0.3, -0.25) is 0 Å². The minimum atomic E-state index is -0.299. The fourth-order valence-corrected chi connectivity index (χ4v) is 3.72. The predicted octanol–water partition coefficient (Wildman–Crippen LogP) is 5.63. The Kier molecular flexibility index (Phi) is 4.64. The van der Waals surface area contributed by atoms with E-state index in [1.54, 1.807) is 19.5 Å². The molecular weight excluding hydrogens is 405 g/mol. The zero-order valence-corrected chi connectivity index (χ0v) is 16.9. The number of hydrogen-bond acceptors (Lipinski definition) is 5. The summed E-state index contributed by atoms with van der Waals surface area (Å²) in [5, 5.41) is 0.644. The maximum absolute atomic E-state index is 13.5. The average Bonchev–Trinajstić information content (AvgIpc) is 2.75. The van der Waals surface area contributed by atoms with Crippen molar-refractivity contribution in [3.05, 3.63) is 82.1 Å². The molecule has 0 bridgehead atoms. The normalized spacial score (nSPS) is 13.8. The third-order valence-corrected chi connectivity index (χ3v) is 5.26. The van der Waals surface area contributed by atoms with Gasteiger partial charge in [0.05, 0.1) is 31.4 Å². The number of hydrogen-bond donors (Lipinski definition) is 0. The van der Waals surface area contributed by atoms with Crippen molar-refractivity contribution in [2.24, 2.45) is 9.98 Å². The van der Waals surface area contributed by atoms with Gasteiger partial charge in [-0.15, -0.1) is 0 Å². The minimum Gasteiger partial charge on any atom is -0.493 e. The van der Waals surface area contributed by atoms with Crippen LogP contribution >= 0.6 is 11.6 Å². The molecule has 3 aromatic carbocycles. The van der Waals surface area contributed by atoms with Gasteiger partial charge >= 0.3 is 0 Å². The number of aliphatic imine (C=N–C) groups is 2. The first-order chi connectivity index (χ1) is 14.6. The van der Waals surface area contributed by atoms with Gasteiger partial charge in [0, 0.05) is 16.7 Å². The summed E-state index contributed by atoms with van der Waals surface area (Å²) in [5.41, 5.74) is 4.22. The number of rotatable bonds is 4. The van der Waals surface area contributed by atoms with Gasteiger partial charge in [0.15, 0.2) is 11.5 Å². The van der Waals surface area contributed by atoms with E-state index < -0.39 is 0 Å². The van der Waals surface area contributed by atoms with E-state index in [2.05, 4.69) is 4.99 Å². The lowest BCUT2D eigenvalue weighted by Gasteiger charge is -2.30. The zero-order valence-electron chi connectivity index (χ0n) is 16.1. The van der Waals surface area contributed by atoms with E-state index in [4.69, 9.17) is 26.1 Å². The van der Waals surface area contributed by atoms with Gasteiger partial charge in [-0.05, 0) is 41.5 Å². The largest absolute Gasteiger partial charge is 0.493 e. The molecule has 0 saturated carbocycles. The quantitative estimate of drug-likeness (QED) is 0.548. The van der Waals surface area contributed by atoms with E-state index in [0.29, 0.717) is 23.1 Å². The lowest BCUT2D eigenvalue weighted by molar-refractivity contribution is 0.284. The first kappa shape index (κ1) is 18.6. The minimum absolute atomic E-state index is 0.213. The van der Waals surface area contributed by atoms with Crippen molar-refractivity contribution in [3.8, 4) is 11.5 Å². The Labute approximate surface area is 178 Å². The zero-order chi connectivity index (χ0) is 20.7. The molecule has 0 radical (unpaired) electrons. The van der Waals surface area contributed by atoms with E-state index >= 15 is 0 Å². The van der Waals surface area contributed by atoms with E-state index in [1.165, 1.54) is 12.1 Å². The molecule has 3 aromatic rings. The lowest BCUT2D eigenvalue weighted by atomic mass is 10.0. The first-order valence-electron chi connectivity index (χ1n) is 9.38. The van der Waals surface area contributed by atoms with Crippen molar-refractivity contribution in [1.29, 1.82) is 0 Å². The van der Waals surface area contributed by atoms with Crippen LogP contribution in [-0.2, 0) is 13.2 Å². The number of ether oxygens (including phenoxy) is 2. The van der Waals surface area contributed by atoms with Crippen molar-refractivity contribution < 1.29 is 13.9 Å². The third-order valence-electron chi connectivity index (χ3n) is 5.03. The smallest absolute Gasteiger partial charge is 0.162 e. The monoisotopic (exact) mass is 421 g/mol. The molecule has 0 N–H and O–H groups in total. The average molecular weight is 422 g/mol. The lowest BCUT2D eigenvalue weighted by Crippen LogP contribution is -2.34. The van der Waals surface area contributed by atoms with E-state index in [9.17, 15) is 4.39 Å². The fraction of sp³-hybridized carbons (Fsp3) is 0.130. The highest BCUT2D eigenvalue weighted by molar-refractivity contribution is 6.31. The van der Waals surface area contributed by atoms with Crippen molar-refractivity contribution in [2.45, 2.75) is 13.2 Å². The summed E-state index contributed by atoms with van der Waals surface area (Å²) in [4.78, 5) is 11.4. The van der Waals surface area contributed by atoms with Gasteiger partial charge in [0.1, 0.15) is 18.3 Å². The molecular formula is C23H17ClFN3O2. The van der Waals surface area contributed by atoms with Crippen LogP contribution in [0.2, 0.25) is 5.02 Å². The molecule has 0 saturated heterocycles. The van der Waals surface area contributed by atoms with Crippen LogP contribution in [0.4, 0.5) is 15.8 Å². The standard InChI is InChI=1S/C23H17ClFN3O2/c1-29-21-10-20-18(9-22(21)30-12-14-3-2-4-17(25)7-14)23-27-19-8-16(24)6-5-15(19)11-28(23)13-26-20/h2-10,13H,11-12H2,1H3. The van der Waals surface area contributed by atoms with Gasteiger partial charge < -0.3 is 14.4 Å². The summed E-state index contributed by atoms with van der Waals surface area (Å²) < 4.78 is 24.9. The van der Waals surface area contributed by atoms with E-state index in [0.717, 1.165) is 33.9 Å². The molecule has 2 aliphatic rings. The molecule has 0 atom stereocenters. The maximum Gasteiger partial charge on any atom is 0.162 e. The van der Waals surface area contributed by atoms with Crippen molar-refractivity contribution in [1.82, 2.24) is 4.90 Å². The van der Waals surface area contributed by atoms with Crippen LogP contribution in [0.5, 0.6) is 11.5 Å². The Balaban J connectivity index is 1.53. The Hall–Kier alpha value is -3.38. The van der Waals surface area contributed by atoms with Crippen LogP contribution in [0.3, 0.4) is 0 Å². The maximum atomic E-state index is 13.5. The molecule has 0 amide bonds. The van der Waals surface area contributed by atoms with Crippen LogP contribution < -0.4 is 9.47 Å². The van der Waals surface area contributed by atoms with Crippen molar-refractivity contribution in [2.75, 3.05) is 7.11 Å². The van der Waals surface area contributed by atoms with Gasteiger partial charge in [0.2, 0.25) is 0 Å². The fourth-order valence-electron chi connectivity index (χ4n) is 3.55. The second kappa shape index (κ2) is 7.46. The van der Waals surface area contributed by atoms with Crippen LogP contribution in [0.1, 0.15) is 16.7 Å². The predicted molar refractivity (Wildman–Crippen MR) is 115 cm³/mol. The highest BCUT2D eigenvalue weighted by Gasteiger charge is 2.27. The number of benzene rings is 3. The Morgan fingerprint density at radius 1 is 1.07 bits per heavy atom. The van der Waals surface area contributed by atoms with Crippen LogP contribution in [-0.4, -0.2) is 24.2 Å². The molecule has 0 aromatic heterocycles. The summed E-state index contributed by atoms with van der Waals surface area (Å²) in [6.07, 6.45) is 1.77. The molecule has 5 rings (SSSR count). The molecule has 0 fully saturated rings. The summed E-state index contributed by atoms with van der Waals surface area (Å²) in [5.74, 6) is 1.56. The summed E-state index contributed by atoms with van der Waals surface area (Å²) in [6, 6.07) is 15.7. The number of amidine groups is 1. The second-order valence-electron chi connectivity index (χ2n) is 7.02. The van der Waals surface area contributed by atoms with E-state index in [1.807, 2.05) is 41.3 Å². The Morgan fingerprint density at radius 2 is 1.97 bits per heavy atom. The van der Waals surface area contributed by atoms with Crippen molar-refractivity contribution >= 4 is 35.1 Å². The molecule has 150 valence electrons. The summed E-state index contributed by atoms with van der Waals surface area (Å²) in [6.45, 7) is 0.866. The van der Waals surface area contributed by atoms with Gasteiger partial charge in [0.25, 0.3) is 0 Å². The highest BCUT2D eigenvalue weighted by atomic mass is 35.5. The molecule has 2 heterocycles. The number of methoxy groups -OCH3 is 1. The SMILES string of the molecule is COc1cc2c(cc1OCc1cccc(F)c1)C1=Nc3cc(Cl)ccc3CN1C=N2. The molecule has 7 heteroatoms. The number of nitrogens with zero attached hydrogens (tertiary/aromatic N) is 3. The molecule has 2 aliphatic heterocycles.